The first kappa shape index (κ1) is 22.9. The van der Waals surface area contributed by atoms with Crippen LogP contribution in [0.1, 0.15) is 17.3 Å². The lowest BCUT2D eigenvalue weighted by Gasteiger charge is -2.36. The van der Waals surface area contributed by atoms with E-state index in [0.29, 0.717) is 44.1 Å². The second-order valence-corrected chi connectivity index (χ2v) is 9.18. The maximum absolute atomic E-state index is 12.7. The number of amides is 1. The van der Waals surface area contributed by atoms with Crippen LogP contribution in [-0.4, -0.2) is 70.8 Å². The summed E-state index contributed by atoms with van der Waals surface area (Å²) in [4.78, 5) is 14.4. The van der Waals surface area contributed by atoms with Gasteiger partial charge in [0.25, 0.3) is 5.91 Å². The average Bonchev–Trinajstić information content (AvgIpc) is 2.79. The molecule has 1 fully saturated rings. The number of ether oxygens (including phenoxy) is 2. The van der Waals surface area contributed by atoms with Gasteiger partial charge in [-0.05, 0) is 43.3 Å². The topological polar surface area (TPSA) is 88.2 Å². The molecule has 0 unspecified atom stereocenters. The minimum atomic E-state index is -3.46. The first-order valence-corrected chi connectivity index (χ1v) is 11.9. The Morgan fingerprint density at radius 2 is 1.71 bits per heavy atom. The highest BCUT2D eigenvalue weighted by atomic mass is 32.2. The molecule has 1 saturated heterocycles. The Kier molecular flexibility index (Phi) is 7.75. The highest BCUT2D eigenvalue weighted by Gasteiger charge is 2.27. The molecular weight excluding hydrogens is 418 g/mol. The van der Waals surface area contributed by atoms with Gasteiger partial charge in [0.05, 0.1) is 25.2 Å². The van der Waals surface area contributed by atoms with Gasteiger partial charge >= 0.3 is 0 Å². The molecule has 0 saturated carbocycles. The van der Waals surface area contributed by atoms with E-state index < -0.39 is 10.0 Å². The fourth-order valence-corrected chi connectivity index (χ4v) is 4.83. The van der Waals surface area contributed by atoms with Crippen LogP contribution in [0.25, 0.3) is 0 Å². The number of nitrogens with one attached hydrogen (secondary N) is 1. The Labute approximate surface area is 183 Å². The Balaban J connectivity index is 1.48. The summed E-state index contributed by atoms with van der Waals surface area (Å²) in [7, 11) is -1.83. The van der Waals surface area contributed by atoms with Gasteiger partial charge in [-0.15, -0.1) is 0 Å². The zero-order chi connectivity index (χ0) is 22.3. The van der Waals surface area contributed by atoms with Crippen molar-refractivity contribution >= 4 is 21.6 Å². The minimum Gasteiger partial charge on any atom is -0.495 e. The van der Waals surface area contributed by atoms with E-state index in [0.717, 1.165) is 11.4 Å². The molecule has 9 heteroatoms. The van der Waals surface area contributed by atoms with Crippen LogP contribution in [0.15, 0.2) is 48.5 Å². The van der Waals surface area contributed by atoms with E-state index in [1.165, 1.54) is 4.31 Å². The highest BCUT2D eigenvalue weighted by molar-refractivity contribution is 7.89. The predicted molar refractivity (Wildman–Crippen MR) is 121 cm³/mol. The molecule has 0 atom stereocenters. The van der Waals surface area contributed by atoms with Crippen molar-refractivity contribution in [2.24, 2.45) is 0 Å². The van der Waals surface area contributed by atoms with Gasteiger partial charge in [-0.3, -0.25) is 4.79 Å². The van der Waals surface area contributed by atoms with E-state index >= 15 is 0 Å². The number of hydrogen-bond acceptors (Lipinski definition) is 6. The Morgan fingerprint density at radius 3 is 2.35 bits per heavy atom. The summed E-state index contributed by atoms with van der Waals surface area (Å²) < 4.78 is 37.6. The summed E-state index contributed by atoms with van der Waals surface area (Å²) in [6, 6.07) is 14.5. The Bertz CT molecular complexity index is 971. The van der Waals surface area contributed by atoms with Crippen molar-refractivity contribution in [1.29, 1.82) is 0 Å². The van der Waals surface area contributed by atoms with E-state index in [1.54, 1.807) is 31.4 Å². The van der Waals surface area contributed by atoms with Crippen LogP contribution in [-0.2, 0) is 10.0 Å². The van der Waals surface area contributed by atoms with Crippen molar-refractivity contribution in [3.63, 3.8) is 0 Å². The van der Waals surface area contributed by atoms with Crippen LogP contribution in [0.5, 0.6) is 11.5 Å². The number of rotatable bonds is 9. The molecule has 1 aliphatic rings. The lowest BCUT2D eigenvalue weighted by Crippen LogP contribution is -2.50. The third-order valence-electron chi connectivity index (χ3n) is 5.13. The van der Waals surface area contributed by atoms with Crippen molar-refractivity contribution in [1.82, 2.24) is 9.62 Å². The number of sulfonamides is 1. The highest BCUT2D eigenvalue weighted by Crippen LogP contribution is 2.28. The predicted octanol–water partition coefficient (Wildman–Crippen LogP) is 1.98. The van der Waals surface area contributed by atoms with Gasteiger partial charge in [0, 0.05) is 38.3 Å². The number of methoxy groups -OCH3 is 1. The maximum Gasteiger partial charge on any atom is 0.251 e. The Morgan fingerprint density at radius 1 is 1.03 bits per heavy atom. The number of hydrogen-bond donors (Lipinski definition) is 1. The number of benzene rings is 2. The van der Waals surface area contributed by atoms with Crippen molar-refractivity contribution in [3.8, 4) is 11.5 Å². The first-order chi connectivity index (χ1) is 14.9. The fourth-order valence-electron chi connectivity index (χ4n) is 3.49. The van der Waals surface area contributed by atoms with Crippen LogP contribution in [0, 0.1) is 0 Å². The summed E-state index contributed by atoms with van der Waals surface area (Å²) in [6.45, 7) is 4.45. The van der Waals surface area contributed by atoms with Gasteiger partial charge in [-0.2, -0.15) is 4.31 Å². The standard InChI is InChI=1S/C22H29N3O5S/c1-3-30-19-10-8-18(9-11-19)22(26)23-12-17-31(27,28)25-15-13-24(14-16-25)20-6-4-5-7-21(20)29-2/h4-11H,3,12-17H2,1-2H3,(H,23,26). The van der Waals surface area contributed by atoms with Crippen molar-refractivity contribution in [3.05, 3.63) is 54.1 Å². The molecule has 0 bridgehead atoms. The maximum atomic E-state index is 12.7. The van der Waals surface area contributed by atoms with Crippen molar-refractivity contribution in [2.45, 2.75) is 6.92 Å². The van der Waals surface area contributed by atoms with E-state index in [1.807, 2.05) is 31.2 Å². The van der Waals surface area contributed by atoms with E-state index in [9.17, 15) is 13.2 Å². The van der Waals surface area contributed by atoms with Crippen LogP contribution in [0.4, 0.5) is 5.69 Å². The van der Waals surface area contributed by atoms with Crippen molar-refractivity contribution in [2.75, 3.05) is 57.1 Å². The van der Waals surface area contributed by atoms with Crippen LogP contribution in [0.3, 0.4) is 0 Å². The lowest BCUT2D eigenvalue weighted by atomic mass is 10.2. The van der Waals surface area contributed by atoms with Crippen LogP contribution < -0.4 is 19.7 Å². The average molecular weight is 448 g/mol. The quantitative estimate of drug-likeness (QED) is 0.632. The molecule has 1 heterocycles. The van der Waals surface area contributed by atoms with Gasteiger partial charge < -0.3 is 19.7 Å². The summed E-state index contributed by atoms with van der Waals surface area (Å²) in [6.07, 6.45) is 0. The summed E-state index contributed by atoms with van der Waals surface area (Å²) in [5.41, 5.74) is 1.43. The lowest BCUT2D eigenvalue weighted by molar-refractivity contribution is 0.0956. The molecule has 168 valence electrons. The number of nitrogens with zero attached hydrogens (tertiary/aromatic N) is 2. The van der Waals surface area contributed by atoms with Crippen LogP contribution in [0.2, 0.25) is 0 Å². The number of para-hydroxylation sites is 2. The number of carbonyl (C=O) groups is 1. The number of piperazine rings is 1. The molecule has 8 nitrogen and oxygen atoms in total. The molecule has 2 aromatic carbocycles. The molecule has 1 aliphatic heterocycles. The van der Waals surface area contributed by atoms with E-state index in [4.69, 9.17) is 9.47 Å². The first-order valence-electron chi connectivity index (χ1n) is 10.3. The van der Waals surface area contributed by atoms with Gasteiger partial charge in [0.2, 0.25) is 10.0 Å². The second-order valence-electron chi connectivity index (χ2n) is 7.09. The molecule has 0 aromatic heterocycles. The second kappa shape index (κ2) is 10.5. The molecule has 2 aromatic rings. The SMILES string of the molecule is CCOc1ccc(C(=O)NCCS(=O)(=O)N2CCN(c3ccccc3OC)CC2)cc1. The number of carbonyl (C=O) groups excluding carboxylic acids is 1. The minimum absolute atomic E-state index is 0.0566. The molecule has 0 spiro atoms. The zero-order valence-electron chi connectivity index (χ0n) is 17.9. The van der Waals surface area contributed by atoms with Crippen LogP contribution >= 0.6 is 0 Å². The number of anilines is 1. The van der Waals surface area contributed by atoms with Gasteiger partial charge in [0.15, 0.2) is 0 Å². The third-order valence-corrected chi connectivity index (χ3v) is 7.00. The normalized spacial score (nSPS) is 14.8. The summed E-state index contributed by atoms with van der Waals surface area (Å²) in [5, 5.41) is 2.68. The zero-order valence-corrected chi connectivity index (χ0v) is 18.7. The van der Waals surface area contributed by atoms with Gasteiger partial charge in [-0.1, -0.05) is 12.1 Å². The molecule has 1 amide bonds. The van der Waals surface area contributed by atoms with E-state index in [-0.39, 0.29) is 18.2 Å². The molecule has 0 radical (unpaired) electrons. The Hall–Kier alpha value is -2.78. The van der Waals surface area contributed by atoms with Gasteiger partial charge in [-0.25, -0.2) is 8.42 Å². The fraction of sp³-hybridized carbons (Fsp3) is 0.409. The molecule has 0 aliphatic carbocycles. The van der Waals surface area contributed by atoms with E-state index in [2.05, 4.69) is 10.2 Å². The largest absolute Gasteiger partial charge is 0.495 e. The molecule has 31 heavy (non-hydrogen) atoms. The smallest absolute Gasteiger partial charge is 0.251 e. The summed E-state index contributed by atoms with van der Waals surface area (Å²) in [5.74, 6) is 1.02. The van der Waals surface area contributed by atoms with Crippen molar-refractivity contribution < 1.29 is 22.7 Å². The monoisotopic (exact) mass is 447 g/mol. The molecule has 3 rings (SSSR count). The molecular formula is C22H29N3O5S. The third kappa shape index (κ3) is 5.89. The van der Waals surface area contributed by atoms with Gasteiger partial charge in [0.1, 0.15) is 11.5 Å². The summed E-state index contributed by atoms with van der Waals surface area (Å²) >= 11 is 0. The molecule has 1 N–H and O–H groups in total.